The molecule has 1 N–H and O–H groups in total. The number of rotatable bonds is 5. The monoisotopic (exact) mass is 371 g/mol. The lowest BCUT2D eigenvalue weighted by atomic mass is 10.2. The van der Waals surface area contributed by atoms with Gasteiger partial charge in [-0.15, -0.1) is 5.10 Å². The molecule has 3 aromatic rings. The second-order valence-corrected chi connectivity index (χ2v) is 6.45. The maximum Gasteiger partial charge on any atom is 0.261 e. The molecular formula is C17H17N5O3S. The molecule has 0 bridgehead atoms. The first-order chi connectivity index (χ1) is 12.5. The number of hydrogen-bond acceptors (Lipinski definition) is 7. The fourth-order valence-corrected chi connectivity index (χ4v) is 3.02. The van der Waals surface area contributed by atoms with Crippen molar-refractivity contribution in [3.05, 3.63) is 47.3 Å². The number of aryl methyl sites for hydroxylation is 2. The molecule has 2 aromatic heterocycles. The molecule has 0 fully saturated rings. The number of ether oxygens (including phenoxy) is 1. The molecule has 0 aliphatic heterocycles. The predicted molar refractivity (Wildman–Crippen MR) is 96.4 cm³/mol. The van der Waals surface area contributed by atoms with Crippen LogP contribution in [0.4, 0.5) is 0 Å². The summed E-state index contributed by atoms with van der Waals surface area (Å²) < 4.78 is 6.74. The molecule has 0 atom stereocenters. The van der Waals surface area contributed by atoms with Crippen LogP contribution in [0, 0.1) is 13.8 Å². The molecule has 0 spiro atoms. The van der Waals surface area contributed by atoms with Gasteiger partial charge in [0.05, 0.1) is 18.4 Å². The molecule has 1 aromatic carbocycles. The molecule has 3 rings (SSSR count). The Morgan fingerprint density at radius 3 is 2.77 bits per heavy atom. The predicted octanol–water partition coefficient (Wildman–Crippen LogP) is 1.80. The van der Waals surface area contributed by atoms with Gasteiger partial charge in [-0.05, 0) is 32.0 Å². The Morgan fingerprint density at radius 1 is 1.23 bits per heavy atom. The summed E-state index contributed by atoms with van der Waals surface area (Å²) in [6.45, 7) is 3.79. The van der Waals surface area contributed by atoms with Gasteiger partial charge < -0.3 is 4.74 Å². The zero-order valence-corrected chi connectivity index (χ0v) is 15.3. The summed E-state index contributed by atoms with van der Waals surface area (Å²) in [4.78, 5) is 32.9. The number of methoxy groups -OCH3 is 1. The molecule has 0 radical (unpaired) electrons. The number of carbonyl (C=O) groups excluding carboxylic acids is 2. The van der Waals surface area contributed by atoms with Crippen LogP contribution in [0.5, 0.6) is 5.75 Å². The molecule has 0 unspecified atom stereocenters. The quantitative estimate of drug-likeness (QED) is 0.683. The van der Waals surface area contributed by atoms with Crippen molar-refractivity contribution in [1.82, 2.24) is 24.9 Å². The number of thioether (sulfide) groups is 1. The standard InChI is InChI=1S/C17H17N5O3S/c1-10-8-11(2)22-16(18-10)20-17(21-22)26-9-14(23)19-15(24)12-6-4-5-7-13(12)25-3/h4-8H,9H2,1-3H3,(H,19,23,24). The van der Waals surface area contributed by atoms with Gasteiger partial charge in [0, 0.05) is 11.4 Å². The van der Waals surface area contributed by atoms with Crippen molar-refractivity contribution in [3.63, 3.8) is 0 Å². The van der Waals surface area contributed by atoms with Crippen LogP contribution >= 0.6 is 11.8 Å². The van der Waals surface area contributed by atoms with Crippen LogP contribution in [-0.2, 0) is 4.79 Å². The van der Waals surface area contributed by atoms with E-state index in [1.165, 1.54) is 7.11 Å². The third-order valence-electron chi connectivity index (χ3n) is 3.54. The van der Waals surface area contributed by atoms with Gasteiger partial charge >= 0.3 is 0 Å². The van der Waals surface area contributed by atoms with Crippen molar-refractivity contribution >= 4 is 29.4 Å². The van der Waals surface area contributed by atoms with Gasteiger partial charge in [-0.2, -0.15) is 4.98 Å². The lowest BCUT2D eigenvalue weighted by molar-refractivity contribution is -0.117. The molecule has 2 amide bonds. The van der Waals surface area contributed by atoms with Gasteiger partial charge in [-0.3, -0.25) is 14.9 Å². The van der Waals surface area contributed by atoms with Gasteiger partial charge in [-0.25, -0.2) is 9.50 Å². The maximum absolute atomic E-state index is 12.2. The van der Waals surface area contributed by atoms with E-state index < -0.39 is 11.8 Å². The number of fused-ring (bicyclic) bond motifs is 1. The van der Waals surface area contributed by atoms with Crippen molar-refractivity contribution < 1.29 is 14.3 Å². The molecule has 26 heavy (non-hydrogen) atoms. The normalized spacial score (nSPS) is 10.7. The zero-order valence-electron chi connectivity index (χ0n) is 14.5. The molecule has 0 saturated carbocycles. The number of benzene rings is 1. The Labute approximate surface area is 154 Å². The van der Waals surface area contributed by atoms with E-state index in [-0.39, 0.29) is 5.75 Å². The first kappa shape index (κ1) is 17.9. The van der Waals surface area contributed by atoms with Crippen molar-refractivity contribution in [3.8, 4) is 5.75 Å². The molecule has 134 valence electrons. The molecule has 0 aliphatic rings. The van der Waals surface area contributed by atoms with Crippen LogP contribution < -0.4 is 10.1 Å². The SMILES string of the molecule is COc1ccccc1C(=O)NC(=O)CSc1nc2nc(C)cc(C)n2n1. The van der Waals surface area contributed by atoms with E-state index in [2.05, 4.69) is 20.4 Å². The van der Waals surface area contributed by atoms with Gasteiger partial charge in [0.2, 0.25) is 11.1 Å². The van der Waals surface area contributed by atoms with E-state index in [1.54, 1.807) is 28.8 Å². The molecular weight excluding hydrogens is 354 g/mol. The highest BCUT2D eigenvalue weighted by Crippen LogP contribution is 2.18. The zero-order chi connectivity index (χ0) is 18.7. The third-order valence-corrected chi connectivity index (χ3v) is 4.37. The number of aromatic nitrogens is 4. The van der Waals surface area contributed by atoms with Gasteiger partial charge in [0.25, 0.3) is 11.7 Å². The Bertz CT molecular complexity index is 986. The van der Waals surface area contributed by atoms with Crippen LogP contribution in [0.2, 0.25) is 0 Å². The molecule has 9 heteroatoms. The highest BCUT2D eigenvalue weighted by Gasteiger charge is 2.16. The lowest BCUT2D eigenvalue weighted by Gasteiger charge is -2.07. The minimum absolute atomic E-state index is 0.00972. The number of hydrogen-bond donors (Lipinski definition) is 1. The van der Waals surface area contributed by atoms with Gasteiger partial charge in [0.15, 0.2) is 0 Å². The van der Waals surface area contributed by atoms with Crippen LogP contribution in [0.3, 0.4) is 0 Å². The fourth-order valence-electron chi connectivity index (χ4n) is 2.40. The highest BCUT2D eigenvalue weighted by atomic mass is 32.2. The number of para-hydroxylation sites is 1. The van der Waals surface area contributed by atoms with Gasteiger partial charge in [0.1, 0.15) is 5.75 Å². The van der Waals surface area contributed by atoms with Crippen molar-refractivity contribution in [2.75, 3.05) is 12.9 Å². The minimum atomic E-state index is -0.510. The Hall–Kier alpha value is -2.94. The number of amides is 2. The van der Waals surface area contributed by atoms with E-state index in [4.69, 9.17) is 4.74 Å². The second kappa shape index (κ2) is 7.52. The molecule has 0 saturated heterocycles. The van der Waals surface area contributed by atoms with E-state index in [0.717, 1.165) is 23.1 Å². The van der Waals surface area contributed by atoms with E-state index in [1.807, 2.05) is 19.9 Å². The van der Waals surface area contributed by atoms with Gasteiger partial charge in [-0.1, -0.05) is 23.9 Å². The summed E-state index contributed by atoms with van der Waals surface area (Å²) in [5.74, 6) is -0.0508. The smallest absolute Gasteiger partial charge is 0.261 e. The van der Waals surface area contributed by atoms with E-state index in [0.29, 0.717) is 22.2 Å². The average Bonchev–Trinajstić information content (AvgIpc) is 3.03. The first-order valence-electron chi connectivity index (χ1n) is 7.79. The third kappa shape index (κ3) is 3.83. The van der Waals surface area contributed by atoms with Crippen LogP contribution in [0.15, 0.2) is 35.5 Å². The number of carbonyl (C=O) groups is 2. The summed E-state index contributed by atoms with van der Waals surface area (Å²) in [5.41, 5.74) is 2.05. The van der Waals surface area contributed by atoms with Crippen molar-refractivity contribution in [1.29, 1.82) is 0 Å². The van der Waals surface area contributed by atoms with E-state index in [9.17, 15) is 9.59 Å². The summed E-state index contributed by atoms with van der Waals surface area (Å²) in [6.07, 6.45) is 0. The lowest BCUT2D eigenvalue weighted by Crippen LogP contribution is -2.32. The Balaban J connectivity index is 1.64. The topological polar surface area (TPSA) is 98.5 Å². The summed E-state index contributed by atoms with van der Waals surface area (Å²) in [6, 6.07) is 8.60. The highest BCUT2D eigenvalue weighted by molar-refractivity contribution is 7.99. The molecule has 8 nitrogen and oxygen atoms in total. The van der Waals surface area contributed by atoms with E-state index >= 15 is 0 Å². The summed E-state index contributed by atoms with van der Waals surface area (Å²) in [5, 5.41) is 7.07. The second-order valence-electron chi connectivity index (χ2n) is 5.51. The van der Waals surface area contributed by atoms with Crippen LogP contribution in [0.1, 0.15) is 21.7 Å². The van der Waals surface area contributed by atoms with Crippen molar-refractivity contribution in [2.24, 2.45) is 0 Å². The fraction of sp³-hybridized carbons (Fsp3) is 0.235. The van der Waals surface area contributed by atoms with Crippen molar-refractivity contribution in [2.45, 2.75) is 19.0 Å². The summed E-state index contributed by atoms with van der Waals surface area (Å²) >= 11 is 1.14. The first-order valence-corrected chi connectivity index (χ1v) is 8.77. The average molecular weight is 371 g/mol. The number of nitrogens with one attached hydrogen (secondary N) is 1. The minimum Gasteiger partial charge on any atom is -0.496 e. The number of nitrogens with zero attached hydrogens (tertiary/aromatic N) is 4. The maximum atomic E-state index is 12.2. The van der Waals surface area contributed by atoms with Crippen LogP contribution in [-0.4, -0.2) is 44.3 Å². The largest absolute Gasteiger partial charge is 0.496 e. The number of imide groups is 1. The summed E-state index contributed by atoms with van der Waals surface area (Å²) in [7, 11) is 1.47. The molecule has 0 aliphatic carbocycles. The van der Waals surface area contributed by atoms with Crippen LogP contribution in [0.25, 0.3) is 5.78 Å². The Morgan fingerprint density at radius 2 is 2.00 bits per heavy atom. The Kier molecular flexibility index (Phi) is 5.17. The molecule has 2 heterocycles.